The largest absolute Gasteiger partial charge is 3.00 e. The average Bonchev–Trinajstić information content (AvgIpc) is 2.98. The molecule has 0 fully saturated rings. The van der Waals surface area contributed by atoms with Gasteiger partial charge in [0.15, 0.2) is 17.2 Å². The molecular weight excluding hydrogens is 855 g/mol. The van der Waals surface area contributed by atoms with Crippen LogP contribution in [-0.2, 0) is 65.4 Å². The van der Waals surface area contributed by atoms with Gasteiger partial charge in [0.1, 0.15) is 22.0 Å². The molecule has 0 aliphatic rings. The van der Waals surface area contributed by atoms with E-state index in [1.807, 2.05) is 0 Å². The van der Waals surface area contributed by atoms with E-state index in [0.29, 0.717) is 0 Å². The Labute approximate surface area is 300 Å². The molecular formula is C18B3F15O9Y2. The maximum Gasteiger partial charge on any atom is 3.00 e. The summed E-state index contributed by atoms with van der Waals surface area (Å²) in [5.41, 5.74) is 0. The van der Waals surface area contributed by atoms with E-state index in [0.717, 1.165) is 0 Å². The molecule has 47 heavy (non-hydrogen) atoms. The molecule has 9 nitrogen and oxygen atoms in total. The van der Waals surface area contributed by atoms with Crippen LogP contribution >= 0.6 is 0 Å². The molecule has 0 bridgehead atoms. The van der Waals surface area contributed by atoms with E-state index in [-0.39, 0.29) is 65.4 Å². The second-order valence-electron chi connectivity index (χ2n) is 6.92. The zero-order valence-corrected chi connectivity index (χ0v) is 26.9. The summed E-state index contributed by atoms with van der Waals surface area (Å²) in [6.07, 6.45) is 0. The third-order valence-electron chi connectivity index (χ3n) is 4.15. The number of hydrogen-bond donors (Lipinski definition) is 0. The average molecular weight is 855 g/mol. The van der Waals surface area contributed by atoms with Crippen LogP contribution in [0.15, 0.2) is 0 Å². The molecule has 0 amide bonds. The molecule has 0 spiro atoms. The van der Waals surface area contributed by atoms with Gasteiger partial charge < -0.3 is 44.1 Å². The Bertz CT molecular complexity index is 1290. The van der Waals surface area contributed by atoms with Crippen LogP contribution in [0.2, 0.25) is 0 Å². The summed E-state index contributed by atoms with van der Waals surface area (Å²) in [4.78, 5) is 0. The molecule has 3 aromatic carbocycles. The van der Waals surface area contributed by atoms with Gasteiger partial charge in [0.2, 0.25) is 87.3 Å². The van der Waals surface area contributed by atoms with Crippen LogP contribution in [0, 0.1) is 87.3 Å². The molecule has 0 aliphatic heterocycles. The van der Waals surface area contributed by atoms with Gasteiger partial charge in [0.05, 0.1) is 0 Å². The van der Waals surface area contributed by atoms with E-state index in [9.17, 15) is 96.0 Å². The Kier molecular flexibility index (Phi) is 20.1. The summed E-state index contributed by atoms with van der Waals surface area (Å²) in [6.45, 7) is 0. The number of hydrogen-bond acceptors (Lipinski definition) is 9. The van der Waals surface area contributed by atoms with Gasteiger partial charge >= 0.3 is 65.4 Å². The quantitative estimate of drug-likeness (QED) is 0.123. The van der Waals surface area contributed by atoms with Gasteiger partial charge in [-0.25, -0.2) is 39.5 Å². The van der Waals surface area contributed by atoms with Crippen molar-refractivity contribution in [1.29, 1.82) is 0 Å². The van der Waals surface area contributed by atoms with E-state index < -0.39 is 126 Å². The first-order valence-corrected chi connectivity index (χ1v) is 10.1. The van der Waals surface area contributed by atoms with E-state index in [1.54, 1.807) is 0 Å². The summed E-state index contributed by atoms with van der Waals surface area (Å²) in [5, 5.41) is 59.2. The van der Waals surface area contributed by atoms with Crippen molar-refractivity contribution in [2.75, 3.05) is 0 Å². The predicted octanol–water partition coefficient (Wildman–Crippen LogP) is -1.61. The molecule has 0 aliphatic carbocycles. The van der Waals surface area contributed by atoms with Gasteiger partial charge in [-0.1, -0.05) is 0 Å². The molecule has 0 saturated carbocycles. The van der Waals surface area contributed by atoms with Gasteiger partial charge in [0, 0.05) is 0 Å². The van der Waals surface area contributed by atoms with Crippen LogP contribution in [0.4, 0.5) is 65.9 Å². The van der Waals surface area contributed by atoms with Gasteiger partial charge in [-0.15, -0.1) is 0 Å². The second-order valence-corrected chi connectivity index (χ2v) is 6.92. The molecule has 0 atom stereocenters. The maximum absolute atomic E-state index is 12.6. The maximum atomic E-state index is 12.6. The second kappa shape index (κ2) is 20.0. The molecule has 3 rings (SSSR count). The standard InChI is InChI=1S/3C6BF5O3.2Y/c3*8-1-2(9)4(11)6(15-7(13)14)5(12)3(1)10;;/q3*-2;2*+3. The summed E-state index contributed by atoms with van der Waals surface area (Å²) in [6, 6.07) is 0. The summed E-state index contributed by atoms with van der Waals surface area (Å²) >= 11 is 0. The van der Waals surface area contributed by atoms with Crippen molar-refractivity contribution < 1.29 is 175 Å². The van der Waals surface area contributed by atoms with Crippen LogP contribution in [0.25, 0.3) is 0 Å². The van der Waals surface area contributed by atoms with Crippen molar-refractivity contribution in [3.8, 4) is 17.2 Å². The van der Waals surface area contributed by atoms with Crippen molar-refractivity contribution in [2.24, 2.45) is 0 Å². The molecule has 0 heterocycles. The number of halogens is 15. The third-order valence-corrected chi connectivity index (χ3v) is 4.15. The van der Waals surface area contributed by atoms with Crippen LogP contribution in [0.3, 0.4) is 0 Å². The summed E-state index contributed by atoms with van der Waals surface area (Å²) < 4.78 is 198. The molecule has 0 aromatic heterocycles. The summed E-state index contributed by atoms with van der Waals surface area (Å²) in [7, 11) is -9.59. The molecule has 246 valence electrons. The summed E-state index contributed by atoms with van der Waals surface area (Å²) in [5.74, 6) is -40.7. The Balaban J connectivity index is 0. The van der Waals surface area contributed by atoms with E-state index in [2.05, 4.69) is 14.0 Å². The molecule has 3 aromatic rings. The van der Waals surface area contributed by atoms with Crippen molar-refractivity contribution >= 4 is 22.0 Å². The van der Waals surface area contributed by atoms with Crippen LogP contribution in [0.5, 0.6) is 17.2 Å². The first-order valence-electron chi connectivity index (χ1n) is 10.1. The minimum atomic E-state index is -3.20. The monoisotopic (exact) mass is 856 g/mol. The number of rotatable bonds is 6. The zero-order valence-electron chi connectivity index (χ0n) is 21.2. The van der Waals surface area contributed by atoms with Crippen LogP contribution in [-0.4, -0.2) is 22.0 Å². The first-order chi connectivity index (χ1) is 20.6. The van der Waals surface area contributed by atoms with Crippen molar-refractivity contribution in [3.63, 3.8) is 0 Å². The molecule has 0 unspecified atom stereocenters. The Hall–Kier alpha value is -1.83. The van der Waals surface area contributed by atoms with Crippen molar-refractivity contribution in [3.05, 3.63) is 87.3 Å². The predicted molar refractivity (Wildman–Crippen MR) is 97.8 cm³/mol. The fourth-order valence-corrected chi connectivity index (χ4v) is 2.35. The Morgan fingerprint density at radius 1 is 0.255 bits per heavy atom. The van der Waals surface area contributed by atoms with Crippen molar-refractivity contribution in [1.82, 2.24) is 0 Å². The van der Waals surface area contributed by atoms with E-state index >= 15 is 0 Å². The van der Waals surface area contributed by atoms with Gasteiger partial charge in [0.25, 0.3) is 0 Å². The fraction of sp³-hybridized carbons (Fsp3) is 0. The molecule has 0 saturated heterocycles. The Morgan fingerprint density at radius 3 is 0.468 bits per heavy atom. The minimum Gasteiger partial charge on any atom is -0.860 e. The minimum absolute atomic E-state index is 0. The van der Waals surface area contributed by atoms with Gasteiger partial charge in [-0.3, -0.25) is 0 Å². The zero-order chi connectivity index (χ0) is 35.2. The third kappa shape index (κ3) is 11.6. The molecule has 29 heteroatoms. The van der Waals surface area contributed by atoms with E-state index in [4.69, 9.17) is 0 Å². The number of benzene rings is 3. The van der Waals surface area contributed by atoms with E-state index in [1.165, 1.54) is 0 Å². The van der Waals surface area contributed by atoms with Gasteiger partial charge in [-0.2, -0.15) is 26.3 Å². The molecule has 0 N–H and O–H groups in total. The Morgan fingerprint density at radius 2 is 0.362 bits per heavy atom. The van der Waals surface area contributed by atoms with Crippen LogP contribution < -0.4 is 44.1 Å². The van der Waals surface area contributed by atoms with Gasteiger partial charge in [-0.05, 0) is 0 Å². The normalized spacial score (nSPS) is 9.89. The van der Waals surface area contributed by atoms with Crippen LogP contribution in [0.1, 0.15) is 0 Å². The topological polar surface area (TPSA) is 166 Å². The SMILES string of the molecule is [O-]B([O-])Oc1c(F)c(F)c(F)c(F)c1F.[O-]B([O-])Oc1c(F)c(F)c(F)c(F)c1F.[O-]B([O-])Oc1c(F)c(F)c(F)c(F)c1F.[Y+3].[Y+3]. The first kappa shape index (κ1) is 47.3. The smallest absolute Gasteiger partial charge is 0.860 e. The molecule has 0 radical (unpaired) electrons. The fourth-order valence-electron chi connectivity index (χ4n) is 2.35. The van der Waals surface area contributed by atoms with Crippen molar-refractivity contribution in [2.45, 2.75) is 0 Å².